The molecule has 1 N–H and O–H groups in total. The lowest BCUT2D eigenvalue weighted by Crippen LogP contribution is -2.39. The predicted octanol–water partition coefficient (Wildman–Crippen LogP) is 4.54. The second-order valence-electron chi connectivity index (χ2n) is 5.66. The lowest BCUT2D eigenvalue weighted by atomic mass is 10.1. The molecule has 6 heteroatoms. The molecule has 24 heavy (non-hydrogen) atoms. The molecule has 2 aromatic rings. The van der Waals surface area contributed by atoms with Gasteiger partial charge in [0.05, 0.1) is 17.5 Å². The Kier molecular flexibility index (Phi) is 4.75. The number of nitrogens with zero attached hydrogens (tertiary/aromatic N) is 2. The molecule has 3 rings (SSSR count). The summed E-state index contributed by atoms with van der Waals surface area (Å²) in [6.07, 6.45) is 0.106. The Bertz CT molecular complexity index is 787. The molecule has 0 fully saturated rings. The lowest BCUT2D eigenvalue weighted by molar-refractivity contribution is -0.129. The molecule has 0 aliphatic carbocycles. The molecule has 1 aliphatic rings. The zero-order valence-corrected chi connectivity index (χ0v) is 15.5. The van der Waals surface area contributed by atoms with Crippen LogP contribution >= 0.6 is 22.6 Å². The molecule has 124 valence electrons. The number of fused-ring (bicyclic) bond motifs is 1. The molecule has 5 nitrogen and oxygen atoms in total. The number of aliphatic carboxylic acids is 1. The number of rotatable bonds is 4. The average Bonchev–Trinajstić information content (AvgIpc) is 2.54. The first-order valence-corrected chi connectivity index (χ1v) is 8.83. The number of alkyl halides is 1. The first-order chi connectivity index (χ1) is 11.5. The number of carboxylic acids is 1. The number of ether oxygens (including phenoxy) is 1. The van der Waals surface area contributed by atoms with Crippen molar-refractivity contribution in [2.45, 2.75) is 24.0 Å². The molecule has 0 spiro atoms. The van der Waals surface area contributed by atoms with Crippen molar-refractivity contribution in [1.29, 1.82) is 0 Å². The van der Waals surface area contributed by atoms with Gasteiger partial charge in [0.25, 0.3) is 0 Å². The highest BCUT2D eigenvalue weighted by molar-refractivity contribution is 14.1. The minimum Gasteiger partial charge on any atom is -0.491 e. The number of halogens is 1. The van der Waals surface area contributed by atoms with E-state index in [2.05, 4.69) is 27.6 Å². The van der Waals surface area contributed by atoms with Gasteiger partial charge in [-0.15, -0.1) is 0 Å². The van der Waals surface area contributed by atoms with Crippen molar-refractivity contribution in [3.63, 3.8) is 0 Å². The fourth-order valence-corrected chi connectivity index (χ4v) is 3.59. The van der Waals surface area contributed by atoms with Gasteiger partial charge in [-0.3, -0.25) is 0 Å². The van der Waals surface area contributed by atoms with Gasteiger partial charge in [-0.2, -0.15) is 0 Å². The van der Waals surface area contributed by atoms with Gasteiger partial charge in [0.2, 0.25) is 0 Å². The zero-order valence-electron chi connectivity index (χ0n) is 13.3. The molecule has 1 unspecified atom stereocenters. The molecule has 0 saturated heterocycles. The maximum Gasteiger partial charge on any atom is 0.353 e. The van der Waals surface area contributed by atoms with Crippen LogP contribution in [-0.2, 0) is 4.79 Å². The number of benzene rings is 2. The first-order valence-electron chi connectivity index (χ1n) is 7.58. The molecule has 0 aromatic heterocycles. The van der Waals surface area contributed by atoms with Gasteiger partial charge in [0.15, 0.2) is 5.71 Å². The third-order valence-corrected chi connectivity index (χ3v) is 4.69. The van der Waals surface area contributed by atoms with E-state index in [4.69, 9.17) is 4.74 Å². The van der Waals surface area contributed by atoms with Crippen molar-refractivity contribution in [2.24, 2.45) is 4.99 Å². The number of aliphatic imine (C=N–C) groups is 1. The van der Waals surface area contributed by atoms with Gasteiger partial charge < -0.3 is 14.7 Å². The Morgan fingerprint density at radius 1 is 1.21 bits per heavy atom. The number of anilines is 2. The lowest BCUT2D eigenvalue weighted by Gasteiger charge is -2.34. The highest BCUT2D eigenvalue weighted by Crippen LogP contribution is 2.41. The quantitative estimate of drug-likeness (QED) is 0.434. The second kappa shape index (κ2) is 6.80. The van der Waals surface area contributed by atoms with Crippen LogP contribution in [0.5, 0.6) is 5.75 Å². The number of hydrogen-bond donors (Lipinski definition) is 1. The summed E-state index contributed by atoms with van der Waals surface area (Å²) >= 11 is 2.11. The van der Waals surface area contributed by atoms with Crippen LogP contribution in [0.15, 0.2) is 53.5 Å². The third kappa shape index (κ3) is 3.24. The average molecular weight is 436 g/mol. The summed E-state index contributed by atoms with van der Waals surface area (Å²) in [4.78, 5) is 17.8. The molecule has 0 bridgehead atoms. The highest BCUT2D eigenvalue weighted by Gasteiger charge is 2.32. The standard InChI is InChI=1S/C18H17IN2O3/c1-11(2)24-13-9-7-12(8-10-13)21-15-6-4-3-5-14(15)20-16(17(21)19)18(22)23/h3-11,17H,1-2H3,(H,22,23). The normalized spacial score (nSPS) is 16.6. The van der Waals surface area contributed by atoms with Crippen molar-refractivity contribution < 1.29 is 14.6 Å². The van der Waals surface area contributed by atoms with Gasteiger partial charge in [0.1, 0.15) is 9.80 Å². The summed E-state index contributed by atoms with van der Waals surface area (Å²) < 4.78 is 5.28. The predicted molar refractivity (Wildman–Crippen MR) is 103 cm³/mol. The topological polar surface area (TPSA) is 62.1 Å². The Morgan fingerprint density at radius 2 is 1.88 bits per heavy atom. The van der Waals surface area contributed by atoms with E-state index in [9.17, 15) is 9.90 Å². The van der Waals surface area contributed by atoms with Crippen molar-refractivity contribution in [3.05, 3.63) is 48.5 Å². The van der Waals surface area contributed by atoms with Gasteiger partial charge in [-0.1, -0.05) is 34.7 Å². The van der Waals surface area contributed by atoms with Crippen LogP contribution in [0.1, 0.15) is 13.8 Å². The van der Waals surface area contributed by atoms with Crippen LogP contribution in [0.3, 0.4) is 0 Å². The molecule has 1 aliphatic heterocycles. The smallest absolute Gasteiger partial charge is 0.353 e. The van der Waals surface area contributed by atoms with Crippen molar-refractivity contribution in [3.8, 4) is 5.75 Å². The molecule has 0 saturated carbocycles. The van der Waals surface area contributed by atoms with Gasteiger partial charge >= 0.3 is 5.97 Å². The van der Waals surface area contributed by atoms with Crippen LogP contribution in [0, 0.1) is 0 Å². The van der Waals surface area contributed by atoms with Crippen LogP contribution in [0.4, 0.5) is 17.1 Å². The molecule has 1 heterocycles. The third-order valence-electron chi connectivity index (χ3n) is 3.54. The summed E-state index contributed by atoms with van der Waals surface area (Å²) in [6, 6.07) is 15.2. The maximum absolute atomic E-state index is 11.5. The van der Waals surface area contributed by atoms with E-state index >= 15 is 0 Å². The van der Waals surface area contributed by atoms with Crippen molar-refractivity contribution >= 4 is 51.3 Å². The maximum atomic E-state index is 11.5. The molecule has 1 atom stereocenters. The molecular formula is C18H17IN2O3. The summed E-state index contributed by atoms with van der Waals surface area (Å²) in [5.74, 6) is -0.218. The van der Waals surface area contributed by atoms with E-state index in [1.54, 1.807) is 0 Å². The Balaban J connectivity index is 2.03. The minimum atomic E-state index is -1.01. The number of carboxylic acid groups (broad SMARTS) is 1. The Labute approximate surface area is 154 Å². The Morgan fingerprint density at radius 3 is 2.50 bits per heavy atom. The minimum absolute atomic E-state index is 0.106. The summed E-state index contributed by atoms with van der Waals surface area (Å²) in [7, 11) is 0. The number of carbonyl (C=O) groups is 1. The van der Waals surface area contributed by atoms with Gasteiger partial charge in [0, 0.05) is 5.69 Å². The Hall–Kier alpha value is -2.09. The SMILES string of the molecule is CC(C)Oc1ccc(N2c3ccccc3N=C(C(=O)O)C2I)cc1. The highest BCUT2D eigenvalue weighted by atomic mass is 127. The number of para-hydroxylation sites is 2. The van der Waals surface area contributed by atoms with Gasteiger partial charge in [-0.05, 0) is 50.2 Å². The van der Waals surface area contributed by atoms with Crippen LogP contribution in [-0.4, -0.2) is 26.9 Å². The van der Waals surface area contributed by atoms with Crippen molar-refractivity contribution in [2.75, 3.05) is 4.90 Å². The van der Waals surface area contributed by atoms with E-state index in [0.29, 0.717) is 5.69 Å². The summed E-state index contributed by atoms with van der Waals surface area (Å²) in [5.41, 5.74) is 2.56. The van der Waals surface area contributed by atoms with E-state index in [1.165, 1.54) is 0 Å². The van der Waals surface area contributed by atoms with Gasteiger partial charge in [-0.25, -0.2) is 9.79 Å². The van der Waals surface area contributed by atoms with E-state index in [0.717, 1.165) is 17.1 Å². The molecule has 2 aromatic carbocycles. The fraction of sp³-hybridized carbons (Fsp3) is 0.222. The van der Waals surface area contributed by atoms with Crippen LogP contribution in [0.2, 0.25) is 0 Å². The summed E-state index contributed by atoms with van der Waals surface area (Å²) in [5, 5.41) is 9.46. The van der Waals surface area contributed by atoms with Crippen molar-refractivity contribution in [1.82, 2.24) is 0 Å². The molecule has 0 amide bonds. The van der Waals surface area contributed by atoms with E-state index in [-0.39, 0.29) is 11.8 Å². The van der Waals surface area contributed by atoms with E-state index < -0.39 is 10.0 Å². The monoisotopic (exact) mass is 436 g/mol. The first kappa shape index (κ1) is 16.8. The van der Waals surface area contributed by atoms with Crippen LogP contribution < -0.4 is 9.64 Å². The summed E-state index contributed by atoms with van der Waals surface area (Å²) in [6.45, 7) is 3.95. The molecule has 0 radical (unpaired) electrons. The zero-order chi connectivity index (χ0) is 17.3. The molecular weight excluding hydrogens is 419 g/mol. The number of hydrogen-bond acceptors (Lipinski definition) is 4. The largest absolute Gasteiger partial charge is 0.491 e. The fourth-order valence-electron chi connectivity index (χ4n) is 2.57. The van der Waals surface area contributed by atoms with E-state index in [1.807, 2.05) is 67.3 Å². The van der Waals surface area contributed by atoms with Crippen LogP contribution in [0.25, 0.3) is 0 Å². The second-order valence-corrected chi connectivity index (χ2v) is 6.84.